The maximum absolute atomic E-state index is 12.4. The van der Waals surface area contributed by atoms with Crippen molar-refractivity contribution in [3.05, 3.63) is 92.9 Å². The smallest absolute Gasteiger partial charge is 0.351 e. The highest BCUT2D eigenvalue weighted by atomic mass is 35.5. The molecule has 144 valence electrons. The van der Waals surface area contributed by atoms with Crippen molar-refractivity contribution in [2.24, 2.45) is 0 Å². The highest BCUT2D eigenvalue weighted by Crippen LogP contribution is 2.30. The summed E-state index contributed by atoms with van der Waals surface area (Å²) in [6.07, 6.45) is 1.41. The highest BCUT2D eigenvalue weighted by Gasteiger charge is 2.16. The molecule has 2 aromatic carbocycles. The number of carbonyl (C=O) groups excluding carboxylic acids is 1. The van der Waals surface area contributed by atoms with Gasteiger partial charge in [-0.3, -0.25) is 0 Å². The summed E-state index contributed by atoms with van der Waals surface area (Å²) in [7, 11) is 0. The summed E-state index contributed by atoms with van der Waals surface area (Å²) in [5, 5.41) is 1.27. The van der Waals surface area contributed by atoms with E-state index in [1.807, 2.05) is 0 Å². The van der Waals surface area contributed by atoms with Crippen LogP contribution in [0.25, 0.3) is 11.0 Å². The van der Waals surface area contributed by atoms with E-state index in [1.165, 1.54) is 30.5 Å². The number of fused-ring (bicyclic) bond motifs is 1. The molecule has 0 radical (unpaired) electrons. The van der Waals surface area contributed by atoms with E-state index in [4.69, 9.17) is 37.1 Å². The minimum atomic E-state index is -0.819. The summed E-state index contributed by atoms with van der Waals surface area (Å²) in [6.45, 7) is 0. The number of pyridine rings is 1. The van der Waals surface area contributed by atoms with Crippen LogP contribution in [0.1, 0.15) is 10.4 Å². The number of nitrogens with zero attached hydrogens (tertiary/aromatic N) is 1. The highest BCUT2D eigenvalue weighted by molar-refractivity contribution is 6.35. The first kappa shape index (κ1) is 19.0. The Labute approximate surface area is 174 Å². The topological polar surface area (TPSA) is 78.6 Å². The second kappa shape index (κ2) is 7.95. The van der Waals surface area contributed by atoms with Gasteiger partial charge in [0.25, 0.3) is 0 Å². The van der Waals surface area contributed by atoms with Crippen LogP contribution in [0.15, 0.2) is 76.1 Å². The maximum atomic E-state index is 12.4. The molecule has 0 fully saturated rings. The summed E-state index contributed by atoms with van der Waals surface area (Å²) >= 11 is 11.8. The van der Waals surface area contributed by atoms with E-state index in [9.17, 15) is 9.59 Å². The predicted octanol–water partition coefficient (Wildman–Crippen LogP) is 5.51. The first-order valence-corrected chi connectivity index (χ1v) is 9.09. The molecule has 0 bridgehead atoms. The number of benzene rings is 2. The molecule has 2 aromatic heterocycles. The van der Waals surface area contributed by atoms with Crippen LogP contribution in [0.3, 0.4) is 0 Å². The zero-order chi connectivity index (χ0) is 20.4. The molecule has 0 atom stereocenters. The van der Waals surface area contributed by atoms with Crippen LogP contribution < -0.4 is 15.1 Å². The Morgan fingerprint density at radius 1 is 0.966 bits per heavy atom. The third-order valence-electron chi connectivity index (χ3n) is 3.88. The predicted molar refractivity (Wildman–Crippen MR) is 108 cm³/mol. The van der Waals surface area contributed by atoms with Crippen LogP contribution in [0.4, 0.5) is 0 Å². The van der Waals surface area contributed by atoms with Crippen molar-refractivity contribution in [2.75, 3.05) is 0 Å². The molecule has 0 aliphatic carbocycles. The molecule has 0 amide bonds. The fourth-order valence-corrected chi connectivity index (χ4v) is 2.95. The molecule has 2 heterocycles. The second-order valence-electron chi connectivity index (χ2n) is 5.89. The molecule has 0 N–H and O–H groups in total. The average molecular weight is 428 g/mol. The molecule has 0 aliphatic heterocycles. The van der Waals surface area contributed by atoms with Gasteiger partial charge in [0.1, 0.15) is 27.7 Å². The largest absolute Gasteiger partial charge is 0.438 e. The number of carbonyl (C=O) groups is 1. The minimum absolute atomic E-state index is 0.189. The lowest BCUT2D eigenvalue weighted by Gasteiger charge is -2.08. The normalized spacial score (nSPS) is 10.7. The van der Waals surface area contributed by atoms with Gasteiger partial charge in [-0.2, -0.15) is 0 Å². The van der Waals surface area contributed by atoms with Crippen molar-refractivity contribution >= 4 is 40.1 Å². The van der Waals surface area contributed by atoms with Gasteiger partial charge in [0, 0.05) is 11.6 Å². The number of rotatable bonds is 4. The minimum Gasteiger partial charge on any atom is -0.438 e. The van der Waals surface area contributed by atoms with Crippen molar-refractivity contribution in [1.82, 2.24) is 4.98 Å². The van der Waals surface area contributed by atoms with Gasteiger partial charge < -0.3 is 13.9 Å². The van der Waals surface area contributed by atoms with Crippen LogP contribution in [-0.2, 0) is 0 Å². The lowest BCUT2D eigenvalue weighted by atomic mass is 10.2. The number of hydrogen-bond acceptors (Lipinski definition) is 6. The van der Waals surface area contributed by atoms with Crippen LogP contribution in [-0.4, -0.2) is 11.0 Å². The summed E-state index contributed by atoms with van der Waals surface area (Å²) in [5.41, 5.74) is -0.566. The first-order chi connectivity index (χ1) is 14.0. The van der Waals surface area contributed by atoms with Gasteiger partial charge in [-0.15, -0.1) is 0 Å². The van der Waals surface area contributed by atoms with E-state index in [-0.39, 0.29) is 22.2 Å². The Hall–Kier alpha value is -3.35. The fraction of sp³-hybridized carbons (Fsp3) is 0. The Kier molecular flexibility index (Phi) is 5.20. The first-order valence-electron chi connectivity index (χ1n) is 8.33. The Bertz CT molecular complexity index is 1270. The molecular formula is C21H11Cl2NO5. The molecule has 0 spiro atoms. The molecule has 0 aliphatic rings. The molecule has 0 saturated heterocycles. The summed E-state index contributed by atoms with van der Waals surface area (Å²) < 4.78 is 16.0. The van der Waals surface area contributed by atoms with Crippen LogP contribution in [0.5, 0.6) is 17.4 Å². The summed E-state index contributed by atoms with van der Waals surface area (Å²) in [6, 6.07) is 16.0. The van der Waals surface area contributed by atoms with Gasteiger partial charge in [-0.25, -0.2) is 14.6 Å². The third-order valence-corrected chi connectivity index (χ3v) is 4.36. The van der Waals surface area contributed by atoms with E-state index >= 15 is 0 Å². The van der Waals surface area contributed by atoms with Crippen LogP contribution in [0.2, 0.25) is 10.0 Å². The number of ether oxygens (including phenoxy) is 2. The van der Waals surface area contributed by atoms with Gasteiger partial charge in [-0.1, -0.05) is 41.4 Å². The van der Waals surface area contributed by atoms with Gasteiger partial charge in [0.15, 0.2) is 0 Å². The lowest BCUT2D eigenvalue weighted by Crippen LogP contribution is -2.18. The van der Waals surface area contributed by atoms with Crippen LogP contribution in [0, 0.1) is 0 Å². The number of halogens is 2. The molecule has 8 heteroatoms. The van der Waals surface area contributed by atoms with Gasteiger partial charge in [0.05, 0.1) is 5.02 Å². The lowest BCUT2D eigenvalue weighted by molar-refractivity contribution is 0.0730. The van der Waals surface area contributed by atoms with Crippen molar-refractivity contribution in [3.63, 3.8) is 0 Å². The SMILES string of the molecule is O=C(Oc1ccc(Oc2ncc(Cl)cc2Cl)cc1)c1cc2ccccc2oc1=O. The van der Waals surface area contributed by atoms with Gasteiger partial charge >= 0.3 is 11.6 Å². The second-order valence-corrected chi connectivity index (χ2v) is 6.73. The molecule has 4 aromatic rings. The van der Waals surface area contributed by atoms with Crippen molar-refractivity contribution in [1.29, 1.82) is 0 Å². The number of aromatic nitrogens is 1. The van der Waals surface area contributed by atoms with Gasteiger partial charge in [-0.05, 0) is 42.5 Å². The van der Waals surface area contributed by atoms with Crippen molar-refractivity contribution in [2.45, 2.75) is 0 Å². The van der Waals surface area contributed by atoms with Gasteiger partial charge in [0.2, 0.25) is 5.88 Å². The number of para-hydroxylation sites is 1. The third kappa shape index (κ3) is 4.23. The number of hydrogen-bond donors (Lipinski definition) is 0. The van der Waals surface area contributed by atoms with Crippen LogP contribution >= 0.6 is 23.2 Å². The monoisotopic (exact) mass is 427 g/mol. The maximum Gasteiger partial charge on any atom is 0.351 e. The quantitative estimate of drug-likeness (QED) is 0.243. The Morgan fingerprint density at radius 3 is 2.45 bits per heavy atom. The molecule has 4 rings (SSSR count). The Morgan fingerprint density at radius 2 is 1.69 bits per heavy atom. The average Bonchev–Trinajstić information content (AvgIpc) is 2.71. The molecule has 6 nitrogen and oxygen atoms in total. The van der Waals surface area contributed by atoms with E-state index in [1.54, 1.807) is 36.4 Å². The number of esters is 1. The molecule has 0 unspecified atom stereocenters. The summed E-state index contributed by atoms with van der Waals surface area (Å²) in [5.74, 6) is 0.0204. The molecular weight excluding hydrogens is 417 g/mol. The van der Waals surface area contributed by atoms with E-state index in [2.05, 4.69) is 4.98 Å². The Balaban J connectivity index is 1.50. The summed E-state index contributed by atoms with van der Waals surface area (Å²) in [4.78, 5) is 28.4. The zero-order valence-electron chi connectivity index (χ0n) is 14.6. The molecule has 0 saturated carbocycles. The van der Waals surface area contributed by atoms with E-state index in [0.29, 0.717) is 21.7 Å². The van der Waals surface area contributed by atoms with E-state index in [0.717, 1.165) is 0 Å². The zero-order valence-corrected chi connectivity index (χ0v) is 16.1. The van der Waals surface area contributed by atoms with E-state index < -0.39 is 11.6 Å². The fourth-order valence-electron chi connectivity index (χ4n) is 2.53. The van der Waals surface area contributed by atoms with Crippen molar-refractivity contribution < 1.29 is 18.7 Å². The van der Waals surface area contributed by atoms with Crippen molar-refractivity contribution in [3.8, 4) is 17.4 Å². The molecule has 29 heavy (non-hydrogen) atoms. The standard InChI is InChI=1S/C21H11Cl2NO5/c22-13-10-17(23)19(24-11-13)27-14-5-7-15(8-6-14)28-20(25)16-9-12-3-1-2-4-18(12)29-21(16)26/h1-11H.